The first-order valence-electron chi connectivity index (χ1n) is 7.28. The SMILES string of the molecule is CCCCCCCCC#Cc1nc(C)ccc1OC. The van der Waals surface area contributed by atoms with Crippen LogP contribution in [0.25, 0.3) is 0 Å². The molecule has 0 amide bonds. The summed E-state index contributed by atoms with van der Waals surface area (Å²) >= 11 is 0. The zero-order valence-corrected chi connectivity index (χ0v) is 12.5. The fourth-order valence-corrected chi connectivity index (χ4v) is 1.94. The number of ether oxygens (including phenoxy) is 1. The van der Waals surface area contributed by atoms with Crippen LogP contribution in [0.1, 0.15) is 63.3 Å². The summed E-state index contributed by atoms with van der Waals surface area (Å²) in [5, 5.41) is 0. The normalized spacial score (nSPS) is 9.84. The third-order valence-electron chi connectivity index (χ3n) is 3.08. The molecule has 1 heterocycles. The Hall–Kier alpha value is -1.49. The Morgan fingerprint density at radius 1 is 1.11 bits per heavy atom. The van der Waals surface area contributed by atoms with E-state index < -0.39 is 0 Å². The molecule has 0 aromatic carbocycles. The number of aromatic nitrogens is 1. The summed E-state index contributed by atoms with van der Waals surface area (Å²) in [7, 11) is 1.66. The Labute approximate surface area is 117 Å². The van der Waals surface area contributed by atoms with E-state index in [9.17, 15) is 0 Å². The highest BCUT2D eigenvalue weighted by atomic mass is 16.5. The highest BCUT2D eigenvalue weighted by molar-refractivity contribution is 5.41. The maximum Gasteiger partial charge on any atom is 0.155 e. The molecule has 0 aliphatic rings. The number of aryl methyl sites for hydroxylation is 1. The van der Waals surface area contributed by atoms with Crippen LogP contribution in [0.3, 0.4) is 0 Å². The average molecular weight is 259 g/mol. The minimum Gasteiger partial charge on any atom is -0.494 e. The first kappa shape index (κ1) is 15.6. The van der Waals surface area contributed by atoms with Crippen molar-refractivity contribution in [1.29, 1.82) is 0 Å². The predicted octanol–water partition coefficient (Wildman–Crippen LogP) is 4.50. The lowest BCUT2D eigenvalue weighted by Crippen LogP contribution is -1.93. The summed E-state index contributed by atoms with van der Waals surface area (Å²) in [6.07, 6.45) is 8.77. The topological polar surface area (TPSA) is 22.1 Å². The summed E-state index contributed by atoms with van der Waals surface area (Å²) in [4.78, 5) is 4.40. The van der Waals surface area contributed by atoms with Gasteiger partial charge >= 0.3 is 0 Å². The monoisotopic (exact) mass is 259 g/mol. The molecule has 1 rings (SSSR count). The van der Waals surface area contributed by atoms with Crippen LogP contribution >= 0.6 is 0 Å². The van der Waals surface area contributed by atoms with Crippen LogP contribution in [0, 0.1) is 18.8 Å². The van der Waals surface area contributed by atoms with Crippen molar-refractivity contribution >= 4 is 0 Å². The second-order valence-electron chi connectivity index (χ2n) is 4.82. The molecule has 0 radical (unpaired) electrons. The fraction of sp³-hybridized carbons (Fsp3) is 0.588. The first-order valence-corrected chi connectivity index (χ1v) is 7.28. The molecular weight excluding hydrogens is 234 g/mol. The lowest BCUT2D eigenvalue weighted by atomic mass is 10.1. The average Bonchev–Trinajstić information content (AvgIpc) is 2.42. The Balaban J connectivity index is 2.35. The number of nitrogens with zero attached hydrogens (tertiary/aromatic N) is 1. The summed E-state index contributed by atoms with van der Waals surface area (Å²) in [5.41, 5.74) is 1.73. The third kappa shape index (κ3) is 6.29. The van der Waals surface area contributed by atoms with Gasteiger partial charge in [-0.15, -0.1) is 0 Å². The van der Waals surface area contributed by atoms with Gasteiger partial charge in [0.1, 0.15) is 0 Å². The molecule has 2 nitrogen and oxygen atoms in total. The van der Waals surface area contributed by atoms with Crippen molar-refractivity contribution in [3.8, 4) is 17.6 Å². The number of hydrogen-bond acceptors (Lipinski definition) is 2. The highest BCUT2D eigenvalue weighted by Crippen LogP contribution is 2.15. The van der Waals surface area contributed by atoms with Crippen molar-refractivity contribution in [3.05, 3.63) is 23.5 Å². The van der Waals surface area contributed by atoms with E-state index in [2.05, 4.69) is 23.7 Å². The molecule has 1 aromatic rings. The molecule has 0 N–H and O–H groups in total. The molecule has 0 saturated carbocycles. The number of rotatable bonds is 7. The molecule has 2 heteroatoms. The van der Waals surface area contributed by atoms with E-state index in [1.807, 2.05) is 19.1 Å². The van der Waals surface area contributed by atoms with Gasteiger partial charge in [0.25, 0.3) is 0 Å². The number of pyridine rings is 1. The molecule has 0 fully saturated rings. The standard InChI is InChI=1S/C17H25NO/c1-4-5-6-7-8-9-10-11-12-16-17(19-3)14-13-15(2)18-16/h13-14H,4-10H2,1-3H3. The zero-order chi connectivity index (χ0) is 13.9. The lowest BCUT2D eigenvalue weighted by molar-refractivity contribution is 0.411. The van der Waals surface area contributed by atoms with Gasteiger partial charge in [0.05, 0.1) is 7.11 Å². The molecule has 0 spiro atoms. The summed E-state index contributed by atoms with van der Waals surface area (Å²) in [6.45, 7) is 4.21. The number of hydrogen-bond donors (Lipinski definition) is 0. The predicted molar refractivity (Wildman–Crippen MR) is 80.4 cm³/mol. The molecule has 0 saturated heterocycles. The van der Waals surface area contributed by atoms with E-state index in [-0.39, 0.29) is 0 Å². The van der Waals surface area contributed by atoms with E-state index in [1.54, 1.807) is 7.11 Å². The summed E-state index contributed by atoms with van der Waals surface area (Å²) in [5.74, 6) is 7.09. The van der Waals surface area contributed by atoms with Gasteiger partial charge in [0.15, 0.2) is 11.4 Å². The number of unbranched alkanes of at least 4 members (excludes halogenated alkanes) is 6. The zero-order valence-electron chi connectivity index (χ0n) is 12.5. The fourth-order valence-electron chi connectivity index (χ4n) is 1.94. The van der Waals surface area contributed by atoms with Crippen molar-refractivity contribution in [2.24, 2.45) is 0 Å². The van der Waals surface area contributed by atoms with Crippen LogP contribution in [0.4, 0.5) is 0 Å². The van der Waals surface area contributed by atoms with Gasteiger partial charge < -0.3 is 4.74 Å². The molecular formula is C17H25NO. The van der Waals surface area contributed by atoms with Crippen LogP contribution in [-0.4, -0.2) is 12.1 Å². The van der Waals surface area contributed by atoms with E-state index in [4.69, 9.17) is 4.74 Å². The van der Waals surface area contributed by atoms with Gasteiger partial charge in [-0.3, -0.25) is 0 Å². The van der Waals surface area contributed by atoms with Crippen molar-refractivity contribution < 1.29 is 4.74 Å². The maximum atomic E-state index is 5.26. The Morgan fingerprint density at radius 2 is 1.84 bits per heavy atom. The van der Waals surface area contributed by atoms with E-state index in [0.29, 0.717) is 0 Å². The van der Waals surface area contributed by atoms with Crippen molar-refractivity contribution in [2.45, 2.75) is 58.8 Å². The molecule has 1 aromatic heterocycles. The van der Waals surface area contributed by atoms with E-state index in [1.165, 1.54) is 38.5 Å². The van der Waals surface area contributed by atoms with Crippen LogP contribution in [0.5, 0.6) is 5.75 Å². The van der Waals surface area contributed by atoms with E-state index >= 15 is 0 Å². The van der Waals surface area contributed by atoms with Crippen LogP contribution < -0.4 is 4.74 Å². The maximum absolute atomic E-state index is 5.26. The number of methoxy groups -OCH3 is 1. The molecule has 0 aliphatic carbocycles. The molecule has 0 atom stereocenters. The minimum atomic E-state index is 0.758. The molecule has 19 heavy (non-hydrogen) atoms. The quantitative estimate of drug-likeness (QED) is 0.531. The van der Waals surface area contributed by atoms with Gasteiger partial charge in [-0.1, -0.05) is 44.9 Å². The Kier molecular flexibility index (Phi) is 7.74. The van der Waals surface area contributed by atoms with Crippen LogP contribution in [0.15, 0.2) is 12.1 Å². The van der Waals surface area contributed by atoms with Gasteiger partial charge in [-0.2, -0.15) is 0 Å². The largest absolute Gasteiger partial charge is 0.494 e. The molecule has 104 valence electrons. The highest BCUT2D eigenvalue weighted by Gasteiger charge is 2.00. The summed E-state index contributed by atoms with van der Waals surface area (Å²) < 4.78 is 5.26. The van der Waals surface area contributed by atoms with Gasteiger partial charge in [0.2, 0.25) is 0 Å². The van der Waals surface area contributed by atoms with Gasteiger partial charge in [-0.25, -0.2) is 4.98 Å². The second kappa shape index (κ2) is 9.44. The molecule has 0 unspecified atom stereocenters. The third-order valence-corrected chi connectivity index (χ3v) is 3.08. The molecule has 0 bridgehead atoms. The Morgan fingerprint density at radius 3 is 2.58 bits per heavy atom. The van der Waals surface area contributed by atoms with Gasteiger partial charge in [-0.05, 0) is 31.4 Å². The van der Waals surface area contributed by atoms with Crippen molar-refractivity contribution in [3.63, 3.8) is 0 Å². The Bertz CT molecular complexity index is 429. The second-order valence-corrected chi connectivity index (χ2v) is 4.82. The first-order chi connectivity index (χ1) is 9.27. The smallest absolute Gasteiger partial charge is 0.155 e. The molecule has 0 aliphatic heterocycles. The summed E-state index contributed by atoms with van der Waals surface area (Å²) in [6, 6.07) is 3.87. The van der Waals surface area contributed by atoms with E-state index in [0.717, 1.165) is 23.6 Å². The minimum absolute atomic E-state index is 0.758. The van der Waals surface area contributed by atoms with Crippen LogP contribution in [0.2, 0.25) is 0 Å². The lowest BCUT2D eigenvalue weighted by Gasteiger charge is -2.02. The van der Waals surface area contributed by atoms with Crippen molar-refractivity contribution in [2.75, 3.05) is 7.11 Å². The van der Waals surface area contributed by atoms with Gasteiger partial charge in [0, 0.05) is 12.1 Å². The van der Waals surface area contributed by atoms with Crippen LogP contribution in [-0.2, 0) is 0 Å². The van der Waals surface area contributed by atoms with Crippen molar-refractivity contribution in [1.82, 2.24) is 4.98 Å².